The third kappa shape index (κ3) is 2.48. The number of nitrogens with one attached hydrogen (secondary N) is 2. The monoisotopic (exact) mass is 282 g/mol. The number of fused-ring (bicyclic) bond motifs is 2. The number of aryl methyl sites for hydroxylation is 1. The molecule has 0 saturated carbocycles. The maximum Gasteiger partial charge on any atom is 0.112 e. The minimum atomic E-state index is 0.560. The van der Waals surface area contributed by atoms with Gasteiger partial charge in [0.2, 0.25) is 0 Å². The molecular weight excluding hydrogens is 260 g/mol. The van der Waals surface area contributed by atoms with Crippen LogP contribution in [-0.4, -0.2) is 29.1 Å². The molecule has 21 heavy (non-hydrogen) atoms. The van der Waals surface area contributed by atoms with Gasteiger partial charge in [-0.3, -0.25) is 9.97 Å². The van der Waals surface area contributed by atoms with E-state index in [1.165, 1.54) is 42.6 Å². The van der Waals surface area contributed by atoms with Crippen LogP contribution in [0.3, 0.4) is 0 Å². The van der Waals surface area contributed by atoms with Crippen molar-refractivity contribution in [1.29, 1.82) is 0 Å². The molecule has 2 aromatic rings. The van der Waals surface area contributed by atoms with Crippen LogP contribution in [0.4, 0.5) is 5.69 Å². The van der Waals surface area contributed by atoms with E-state index in [2.05, 4.69) is 21.7 Å². The van der Waals surface area contributed by atoms with Crippen molar-refractivity contribution in [2.75, 3.05) is 18.4 Å². The number of pyridine rings is 2. The molecule has 2 aliphatic rings. The van der Waals surface area contributed by atoms with Crippen LogP contribution in [0.1, 0.15) is 36.9 Å². The summed E-state index contributed by atoms with van der Waals surface area (Å²) >= 11 is 0. The molecule has 0 aromatic carbocycles. The third-order valence-electron chi connectivity index (χ3n) is 4.71. The number of rotatable bonds is 2. The average molecular weight is 282 g/mol. The molecule has 110 valence electrons. The Morgan fingerprint density at radius 1 is 1.14 bits per heavy atom. The predicted octanol–water partition coefficient (Wildman–Crippen LogP) is 2.67. The van der Waals surface area contributed by atoms with Crippen LogP contribution in [0.25, 0.3) is 11.0 Å². The fourth-order valence-electron chi connectivity index (χ4n) is 3.58. The highest BCUT2D eigenvalue weighted by Crippen LogP contribution is 2.33. The minimum absolute atomic E-state index is 0.560. The van der Waals surface area contributed by atoms with E-state index in [0.29, 0.717) is 6.04 Å². The summed E-state index contributed by atoms with van der Waals surface area (Å²) < 4.78 is 0. The Hall–Kier alpha value is -1.68. The van der Waals surface area contributed by atoms with Gasteiger partial charge in [0.25, 0.3) is 0 Å². The highest BCUT2D eigenvalue weighted by Gasteiger charge is 2.21. The molecule has 4 nitrogen and oxygen atoms in total. The summed E-state index contributed by atoms with van der Waals surface area (Å²) in [6.07, 6.45) is 9.04. The van der Waals surface area contributed by atoms with Crippen molar-refractivity contribution in [3.8, 4) is 0 Å². The second kappa shape index (κ2) is 5.60. The van der Waals surface area contributed by atoms with Crippen molar-refractivity contribution in [2.24, 2.45) is 0 Å². The van der Waals surface area contributed by atoms with Crippen LogP contribution >= 0.6 is 0 Å². The van der Waals surface area contributed by atoms with Gasteiger partial charge in [-0.05, 0) is 69.3 Å². The number of hydrogen-bond donors (Lipinski definition) is 2. The third-order valence-corrected chi connectivity index (χ3v) is 4.71. The topological polar surface area (TPSA) is 49.8 Å². The van der Waals surface area contributed by atoms with Crippen molar-refractivity contribution in [3.63, 3.8) is 0 Å². The summed E-state index contributed by atoms with van der Waals surface area (Å²) in [5.74, 6) is 0. The van der Waals surface area contributed by atoms with Gasteiger partial charge in [-0.1, -0.05) is 0 Å². The normalized spacial score (nSPS) is 19.4. The summed E-state index contributed by atoms with van der Waals surface area (Å²) in [4.78, 5) is 9.47. The summed E-state index contributed by atoms with van der Waals surface area (Å²) in [7, 11) is 0. The molecule has 0 radical (unpaired) electrons. The lowest BCUT2D eigenvalue weighted by molar-refractivity contribution is 0.478. The Balaban J connectivity index is 1.80. The van der Waals surface area contributed by atoms with Crippen LogP contribution < -0.4 is 10.6 Å². The van der Waals surface area contributed by atoms with Crippen LogP contribution in [0.2, 0.25) is 0 Å². The molecular formula is C17H22N4. The molecule has 0 unspecified atom stereocenters. The van der Waals surface area contributed by atoms with Crippen molar-refractivity contribution in [2.45, 2.75) is 44.6 Å². The molecule has 1 aliphatic heterocycles. The molecule has 2 N–H and O–H groups in total. The molecule has 0 spiro atoms. The zero-order chi connectivity index (χ0) is 14.1. The van der Waals surface area contributed by atoms with E-state index < -0.39 is 0 Å². The lowest BCUT2D eigenvalue weighted by Gasteiger charge is -2.28. The first-order valence-corrected chi connectivity index (χ1v) is 8.15. The molecule has 1 saturated heterocycles. The van der Waals surface area contributed by atoms with Gasteiger partial charge in [0.15, 0.2) is 0 Å². The first kappa shape index (κ1) is 13.0. The summed E-state index contributed by atoms with van der Waals surface area (Å²) in [6.45, 7) is 2.21. The van der Waals surface area contributed by atoms with Crippen LogP contribution in [-0.2, 0) is 12.8 Å². The second-order valence-corrected chi connectivity index (χ2v) is 6.16. The highest BCUT2D eigenvalue weighted by atomic mass is 15.0. The van der Waals surface area contributed by atoms with Gasteiger partial charge in [-0.25, -0.2) is 0 Å². The Morgan fingerprint density at radius 2 is 2.00 bits per heavy atom. The SMILES string of the molecule is c1cnc2c(NC3CCNCC3)c3c(nc2c1)CCCC3. The number of nitrogens with zero attached hydrogens (tertiary/aromatic N) is 2. The zero-order valence-corrected chi connectivity index (χ0v) is 12.4. The van der Waals surface area contributed by atoms with E-state index >= 15 is 0 Å². The minimum Gasteiger partial charge on any atom is -0.380 e. The Kier molecular flexibility index (Phi) is 3.47. The first-order chi connectivity index (χ1) is 10.4. The summed E-state index contributed by atoms with van der Waals surface area (Å²) in [6, 6.07) is 4.63. The van der Waals surface area contributed by atoms with E-state index in [9.17, 15) is 0 Å². The van der Waals surface area contributed by atoms with Crippen LogP contribution in [0.15, 0.2) is 18.3 Å². The fourth-order valence-corrected chi connectivity index (χ4v) is 3.58. The number of anilines is 1. The fraction of sp³-hybridized carbons (Fsp3) is 0.529. The zero-order valence-electron chi connectivity index (χ0n) is 12.4. The molecule has 4 rings (SSSR count). The van der Waals surface area contributed by atoms with Crippen LogP contribution in [0, 0.1) is 0 Å². The standard InChI is InChI=1S/C17H22N4/c1-2-5-14-13(4-1)16(20-12-7-10-18-11-8-12)17-15(21-14)6-3-9-19-17/h3,6,9,12,18H,1-2,4-5,7-8,10-11H2,(H,20,21). The van der Waals surface area contributed by atoms with Crippen molar-refractivity contribution < 1.29 is 0 Å². The average Bonchev–Trinajstić information content (AvgIpc) is 2.55. The van der Waals surface area contributed by atoms with Crippen molar-refractivity contribution in [1.82, 2.24) is 15.3 Å². The lowest BCUT2D eigenvalue weighted by atomic mass is 9.93. The lowest BCUT2D eigenvalue weighted by Crippen LogP contribution is -2.35. The Morgan fingerprint density at radius 3 is 2.90 bits per heavy atom. The molecule has 1 aliphatic carbocycles. The second-order valence-electron chi connectivity index (χ2n) is 6.16. The van der Waals surface area contributed by atoms with Gasteiger partial charge in [-0.2, -0.15) is 0 Å². The maximum absolute atomic E-state index is 4.85. The van der Waals surface area contributed by atoms with Gasteiger partial charge < -0.3 is 10.6 Å². The van der Waals surface area contributed by atoms with Gasteiger partial charge in [0.05, 0.1) is 11.2 Å². The number of piperidine rings is 1. The Bertz CT molecular complexity index is 647. The molecule has 1 fully saturated rings. The summed E-state index contributed by atoms with van der Waals surface area (Å²) in [5, 5.41) is 7.24. The Labute approximate surface area is 125 Å². The molecule has 0 atom stereocenters. The van der Waals surface area contributed by atoms with Gasteiger partial charge in [-0.15, -0.1) is 0 Å². The molecule has 4 heteroatoms. The van der Waals surface area contributed by atoms with Gasteiger partial charge >= 0.3 is 0 Å². The van der Waals surface area contributed by atoms with E-state index in [4.69, 9.17) is 4.98 Å². The maximum atomic E-state index is 4.85. The van der Waals surface area contributed by atoms with Crippen molar-refractivity contribution >= 4 is 16.7 Å². The molecule has 3 heterocycles. The highest BCUT2D eigenvalue weighted by molar-refractivity contribution is 5.90. The van der Waals surface area contributed by atoms with E-state index in [0.717, 1.165) is 37.0 Å². The molecule has 0 bridgehead atoms. The largest absolute Gasteiger partial charge is 0.380 e. The van der Waals surface area contributed by atoms with E-state index in [1.807, 2.05) is 12.3 Å². The quantitative estimate of drug-likeness (QED) is 0.889. The van der Waals surface area contributed by atoms with E-state index in [1.54, 1.807) is 0 Å². The van der Waals surface area contributed by atoms with Crippen molar-refractivity contribution in [3.05, 3.63) is 29.6 Å². The first-order valence-electron chi connectivity index (χ1n) is 8.15. The smallest absolute Gasteiger partial charge is 0.112 e. The van der Waals surface area contributed by atoms with Gasteiger partial charge in [0, 0.05) is 17.9 Å². The number of hydrogen-bond acceptors (Lipinski definition) is 4. The van der Waals surface area contributed by atoms with E-state index in [-0.39, 0.29) is 0 Å². The summed E-state index contributed by atoms with van der Waals surface area (Å²) in [5.41, 5.74) is 6.07. The number of aromatic nitrogens is 2. The predicted molar refractivity (Wildman–Crippen MR) is 85.7 cm³/mol. The van der Waals surface area contributed by atoms with Crippen LogP contribution in [0.5, 0.6) is 0 Å². The van der Waals surface area contributed by atoms with Gasteiger partial charge in [0.1, 0.15) is 5.52 Å². The molecule has 2 aromatic heterocycles. The molecule has 0 amide bonds.